The summed E-state index contributed by atoms with van der Waals surface area (Å²) >= 11 is 24.5. The molecule has 1 nitrogen and oxygen atoms in total. The monoisotopic (exact) mass is 260 g/mol. The minimum absolute atomic E-state index is 0.00163. The van der Waals surface area contributed by atoms with Crippen LogP contribution in [0.15, 0.2) is 10.1 Å². The van der Waals surface area contributed by atoms with Crippen LogP contribution in [0.4, 0.5) is 0 Å². The largest absolute Gasteiger partial charge is 0.396 e. The van der Waals surface area contributed by atoms with E-state index in [-0.39, 0.29) is 12.5 Å². The normalized spacial score (nSPS) is 49.2. The fourth-order valence-corrected chi connectivity index (χ4v) is 4.03. The van der Waals surface area contributed by atoms with Crippen LogP contribution in [-0.4, -0.2) is 21.5 Å². The highest BCUT2D eigenvalue weighted by Gasteiger charge is 2.62. The maximum absolute atomic E-state index is 9.10. The molecule has 0 aromatic rings. The Morgan fingerprint density at radius 3 is 2.31 bits per heavy atom. The summed E-state index contributed by atoms with van der Waals surface area (Å²) in [6, 6.07) is 0. The maximum Gasteiger partial charge on any atom is 0.0884 e. The van der Waals surface area contributed by atoms with E-state index in [1.165, 1.54) is 0 Å². The highest BCUT2D eigenvalue weighted by Crippen LogP contribution is 2.65. The summed E-state index contributed by atoms with van der Waals surface area (Å²) in [5.41, 5.74) is 0. The Kier molecular flexibility index (Phi) is 2.34. The van der Waals surface area contributed by atoms with Crippen molar-refractivity contribution in [2.75, 3.05) is 6.61 Å². The van der Waals surface area contributed by atoms with Crippen molar-refractivity contribution in [3.05, 3.63) is 10.1 Å². The van der Waals surface area contributed by atoms with Gasteiger partial charge in [0.1, 0.15) is 0 Å². The first-order valence-corrected chi connectivity index (χ1v) is 5.50. The minimum atomic E-state index is -0.727. The molecule has 1 fully saturated rings. The number of allylic oxidation sites excluding steroid dienone is 2. The lowest BCUT2D eigenvalue weighted by Gasteiger charge is -2.28. The third kappa shape index (κ3) is 1.18. The van der Waals surface area contributed by atoms with Gasteiger partial charge in [0.2, 0.25) is 0 Å². The Balaban J connectivity index is 2.46. The molecule has 0 aromatic heterocycles. The van der Waals surface area contributed by atoms with E-state index in [2.05, 4.69) is 0 Å². The molecular weight excluding hydrogens is 254 g/mol. The van der Waals surface area contributed by atoms with Crippen LogP contribution in [0.25, 0.3) is 0 Å². The van der Waals surface area contributed by atoms with Gasteiger partial charge in [-0.05, 0) is 12.8 Å². The number of aliphatic hydroxyl groups excluding tert-OH is 1. The first-order valence-electron chi connectivity index (χ1n) is 3.99. The molecule has 0 heterocycles. The summed E-state index contributed by atoms with van der Waals surface area (Å²) in [6.07, 6.45) is 1.12. The van der Waals surface area contributed by atoms with Crippen molar-refractivity contribution >= 4 is 46.4 Å². The molecule has 0 unspecified atom stereocenters. The summed E-state index contributed by atoms with van der Waals surface area (Å²) in [5.74, 6) is -0.0818. The Hall–Kier alpha value is 0.860. The molecule has 74 valence electrons. The van der Waals surface area contributed by atoms with Crippen LogP contribution >= 0.6 is 46.4 Å². The zero-order valence-electron chi connectivity index (χ0n) is 6.66. The standard InChI is InChI=1S/C8H8Cl4O/c9-5-6(10)8(12)3-7(5,11)1-4(8)2-13/h4,13H,1-3H2/t4-,7+,8+/m1/s1. The summed E-state index contributed by atoms with van der Waals surface area (Å²) in [7, 11) is 0. The van der Waals surface area contributed by atoms with Gasteiger partial charge < -0.3 is 5.11 Å². The van der Waals surface area contributed by atoms with Crippen molar-refractivity contribution in [1.29, 1.82) is 0 Å². The van der Waals surface area contributed by atoms with E-state index < -0.39 is 9.75 Å². The lowest BCUT2D eigenvalue weighted by molar-refractivity contribution is 0.213. The fraction of sp³-hybridized carbons (Fsp3) is 0.750. The summed E-state index contributed by atoms with van der Waals surface area (Å²) in [4.78, 5) is -1.36. The molecule has 0 spiro atoms. The van der Waals surface area contributed by atoms with Crippen molar-refractivity contribution in [2.24, 2.45) is 5.92 Å². The average molecular weight is 262 g/mol. The van der Waals surface area contributed by atoms with Crippen LogP contribution in [0, 0.1) is 5.92 Å². The molecule has 0 radical (unpaired) electrons. The summed E-state index contributed by atoms with van der Waals surface area (Å²) in [6.45, 7) is -0.00163. The van der Waals surface area contributed by atoms with Gasteiger partial charge in [-0.25, -0.2) is 0 Å². The highest BCUT2D eigenvalue weighted by atomic mass is 35.5. The van der Waals surface area contributed by atoms with E-state index in [9.17, 15) is 0 Å². The Morgan fingerprint density at radius 1 is 1.31 bits per heavy atom. The molecule has 0 aromatic carbocycles. The average Bonchev–Trinajstić information content (AvgIpc) is 2.44. The quantitative estimate of drug-likeness (QED) is 0.720. The first-order chi connectivity index (χ1) is 5.94. The number of hydrogen-bond donors (Lipinski definition) is 1. The van der Waals surface area contributed by atoms with Gasteiger partial charge in [-0.1, -0.05) is 23.2 Å². The van der Waals surface area contributed by atoms with Gasteiger partial charge in [-0.15, -0.1) is 23.2 Å². The second-order valence-electron chi connectivity index (χ2n) is 3.72. The summed E-state index contributed by atoms with van der Waals surface area (Å²) < 4.78 is 0. The van der Waals surface area contributed by atoms with Crippen LogP contribution in [0.3, 0.4) is 0 Å². The molecule has 2 rings (SSSR count). The number of aliphatic hydroxyl groups is 1. The SMILES string of the molecule is OC[C@H]1C[C@]2(Cl)C[C@@]1(Cl)C(Cl)=C2Cl. The fourth-order valence-electron chi connectivity index (χ4n) is 2.19. The lowest BCUT2D eigenvalue weighted by atomic mass is 9.93. The predicted octanol–water partition coefficient (Wildman–Crippen LogP) is 3.05. The zero-order valence-corrected chi connectivity index (χ0v) is 9.68. The molecule has 5 heteroatoms. The van der Waals surface area contributed by atoms with E-state index in [0.717, 1.165) is 0 Å². The van der Waals surface area contributed by atoms with E-state index >= 15 is 0 Å². The van der Waals surface area contributed by atoms with Crippen molar-refractivity contribution < 1.29 is 5.11 Å². The maximum atomic E-state index is 9.10. The molecule has 0 aliphatic heterocycles. The van der Waals surface area contributed by atoms with Gasteiger partial charge in [0.15, 0.2) is 0 Å². The smallest absolute Gasteiger partial charge is 0.0884 e. The minimum Gasteiger partial charge on any atom is -0.396 e. The van der Waals surface area contributed by atoms with Gasteiger partial charge in [0.05, 0.1) is 19.8 Å². The highest BCUT2D eigenvalue weighted by molar-refractivity contribution is 6.50. The Bertz CT molecular complexity index is 290. The van der Waals surface area contributed by atoms with Crippen molar-refractivity contribution in [2.45, 2.75) is 22.6 Å². The molecule has 0 saturated heterocycles. The number of rotatable bonds is 1. The Morgan fingerprint density at radius 2 is 1.92 bits per heavy atom. The van der Waals surface area contributed by atoms with Gasteiger partial charge >= 0.3 is 0 Å². The molecule has 0 amide bonds. The second-order valence-corrected chi connectivity index (χ2v) is 5.87. The van der Waals surface area contributed by atoms with Gasteiger partial charge in [-0.3, -0.25) is 0 Å². The van der Waals surface area contributed by atoms with E-state index in [0.29, 0.717) is 22.9 Å². The molecule has 2 bridgehead atoms. The van der Waals surface area contributed by atoms with Gasteiger partial charge in [-0.2, -0.15) is 0 Å². The zero-order chi connectivity index (χ0) is 9.85. The second kappa shape index (κ2) is 2.93. The van der Waals surface area contributed by atoms with Crippen LogP contribution in [0.5, 0.6) is 0 Å². The molecule has 3 atom stereocenters. The van der Waals surface area contributed by atoms with Crippen LogP contribution < -0.4 is 0 Å². The molecule has 2 aliphatic carbocycles. The van der Waals surface area contributed by atoms with Gasteiger partial charge in [0.25, 0.3) is 0 Å². The molecule has 13 heavy (non-hydrogen) atoms. The summed E-state index contributed by atoms with van der Waals surface area (Å²) in [5, 5.41) is 9.97. The Labute approximate surface area is 96.6 Å². The van der Waals surface area contributed by atoms with Crippen LogP contribution in [0.1, 0.15) is 12.8 Å². The molecule has 1 N–H and O–H groups in total. The van der Waals surface area contributed by atoms with Crippen molar-refractivity contribution in [3.8, 4) is 0 Å². The molecule has 1 saturated carbocycles. The number of fused-ring (bicyclic) bond motifs is 2. The van der Waals surface area contributed by atoms with Crippen LogP contribution in [-0.2, 0) is 0 Å². The predicted molar refractivity (Wildman–Crippen MR) is 55.7 cm³/mol. The number of hydrogen-bond acceptors (Lipinski definition) is 1. The van der Waals surface area contributed by atoms with Gasteiger partial charge in [0, 0.05) is 12.5 Å². The number of alkyl halides is 2. The van der Waals surface area contributed by atoms with E-state index in [4.69, 9.17) is 51.5 Å². The van der Waals surface area contributed by atoms with Crippen LogP contribution in [0.2, 0.25) is 0 Å². The third-order valence-corrected chi connectivity index (χ3v) is 5.40. The first kappa shape index (κ1) is 10.4. The lowest BCUT2D eigenvalue weighted by Crippen LogP contribution is -2.30. The van der Waals surface area contributed by atoms with Crippen molar-refractivity contribution in [3.63, 3.8) is 0 Å². The number of halogens is 4. The van der Waals surface area contributed by atoms with Crippen molar-refractivity contribution in [1.82, 2.24) is 0 Å². The van der Waals surface area contributed by atoms with E-state index in [1.807, 2.05) is 0 Å². The van der Waals surface area contributed by atoms with E-state index in [1.54, 1.807) is 0 Å². The third-order valence-electron chi connectivity index (χ3n) is 2.93. The molecular formula is C8H8Cl4O. The topological polar surface area (TPSA) is 20.2 Å². The molecule has 2 aliphatic rings.